The van der Waals surface area contributed by atoms with E-state index in [9.17, 15) is 0 Å². The first-order valence-electron chi connectivity index (χ1n) is 12.5. The summed E-state index contributed by atoms with van der Waals surface area (Å²) in [6.07, 6.45) is 2.12. The highest BCUT2D eigenvalue weighted by molar-refractivity contribution is 5.92. The quantitative estimate of drug-likeness (QED) is 0.229. The molecule has 0 amide bonds. The minimum atomic E-state index is 0.921. The zero-order valence-corrected chi connectivity index (χ0v) is 20.7. The monoisotopic (exact) mass is 474 g/mol. The molecule has 0 radical (unpaired) electrons. The SMILES string of the molecule is Cc1ccn2c(C(=C=C(c3ccccc3)c3ccccc3)c3ccccc3)c(-c3ccccc3)nc2c1. The fourth-order valence-corrected chi connectivity index (χ4v) is 4.70. The third-order valence-electron chi connectivity index (χ3n) is 6.50. The van der Waals surface area contributed by atoms with Gasteiger partial charge in [-0.3, -0.25) is 4.40 Å². The average Bonchev–Trinajstić information content (AvgIpc) is 3.34. The van der Waals surface area contributed by atoms with E-state index in [-0.39, 0.29) is 0 Å². The molecule has 6 rings (SSSR count). The number of pyridine rings is 1. The Morgan fingerprint density at radius 1 is 0.595 bits per heavy atom. The smallest absolute Gasteiger partial charge is 0.138 e. The molecule has 0 aliphatic heterocycles. The number of fused-ring (bicyclic) bond motifs is 1. The van der Waals surface area contributed by atoms with Crippen LogP contribution in [0.15, 0.2) is 145 Å². The van der Waals surface area contributed by atoms with E-state index >= 15 is 0 Å². The summed E-state index contributed by atoms with van der Waals surface area (Å²) in [6, 6.07) is 46.2. The van der Waals surface area contributed by atoms with E-state index in [1.807, 2.05) is 18.2 Å². The Labute approximate surface area is 217 Å². The molecule has 2 aromatic heterocycles. The molecule has 0 aliphatic carbocycles. The standard InChI is InChI=1S/C35H26N2/c1-26-22-23-37-33(24-26)36-34(30-20-12-5-13-21-30)35(37)32(29-18-10-4-11-19-29)25-31(27-14-6-2-7-15-27)28-16-8-3-9-17-28/h2-24H,1H3. The van der Waals surface area contributed by atoms with Crippen molar-refractivity contribution in [1.29, 1.82) is 0 Å². The summed E-state index contributed by atoms with van der Waals surface area (Å²) in [5.41, 5.74) is 14.4. The number of hydrogen-bond donors (Lipinski definition) is 0. The molecule has 0 saturated carbocycles. The molecule has 0 unspecified atom stereocenters. The van der Waals surface area contributed by atoms with Crippen LogP contribution in [0.5, 0.6) is 0 Å². The third-order valence-corrected chi connectivity index (χ3v) is 6.50. The third kappa shape index (κ3) is 4.54. The highest BCUT2D eigenvalue weighted by atomic mass is 15.0. The summed E-state index contributed by atoms with van der Waals surface area (Å²) in [4.78, 5) is 5.14. The van der Waals surface area contributed by atoms with Crippen molar-refractivity contribution in [3.63, 3.8) is 0 Å². The Kier molecular flexibility index (Phi) is 6.09. The second-order valence-corrected chi connectivity index (χ2v) is 9.08. The van der Waals surface area contributed by atoms with E-state index in [2.05, 4.69) is 139 Å². The van der Waals surface area contributed by atoms with Crippen molar-refractivity contribution in [1.82, 2.24) is 9.38 Å². The Bertz CT molecular complexity index is 1680. The van der Waals surface area contributed by atoms with Crippen molar-refractivity contribution in [3.05, 3.63) is 173 Å². The number of aromatic nitrogens is 2. The first-order chi connectivity index (χ1) is 18.3. The summed E-state index contributed by atoms with van der Waals surface area (Å²) in [5.74, 6) is 0. The Balaban J connectivity index is 1.78. The number of nitrogens with zero attached hydrogens (tertiary/aromatic N) is 2. The Hall–Kier alpha value is -4.91. The van der Waals surface area contributed by atoms with Crippen LogP contribution in [-0.2, 0) is 0 Å². The fraction of sp³-hybridized carbons (Fsp3) is 0.0286. The van der Waals surface area contributed by atoms with E-state index in [0.29, 0.717) is 0 Å². The van der Waals surface area contributed by atoms with Crippen molar-refractivity contribution in [2.24, 2.45) is 0 Å². The van der Waals surface area contributed by atoms with E-state index in [4.69, 9.17) is 4.98 Å². The lowest BCUT2D eigenvalue weighted by Gasteiger charge is -2.12. The minimum absolute atomic E-state index is 0.921. The molecule has 0 fully saturated rings. The van der Waals surface area contributed by atoms with Gasteiger partial charge in [0.1, 0.15) is 5.65 Å². The number of aryl methyl sites for hydroxylation is 1. The van der Waals surface area contributed by atoms with Crippen molar-refractivity contribution in [2.45, 2.75) is 6.92 Å². The van der Waals surface area contributed by atoms with Gasteiger partial charge >= 0.3 is 0 Å². The normalized spacial score (nSPS) is 10.7. The number of benzene rings is 4. The van der Waals surface area contributed by atoms with Crippen LogP contribution in [0.1, 0.15) is 27.9 Å². The van der Waals surface area contributed by atoms with Gasteiger partial charge in [-0.2, -0.15) is 0 Å². The molecule has 0 bridgehead atoms. The van der Waals surface area contributed by atoms with Crippen LogP contribution in [0.3, 0.4) is 0 Å². The first-order valence-corrected chi connectivity index (χ1v) is 12.5. The van der Waals surface area contributed by atoms with Gasteiger partial charge in [-0.15, -0.1) is 5.73 Å². The molecule has 6 aromatic rings. The van der Waals surface area contributed by atoms with Crippen LogP contribution < -0.4 is 0 Å². The van der Waals surface area contributed by atoms with E-state index in [1.165, 1.54) is 5.56 Å². The highest BCUT2D eigenvalue weighted by Crippen LogP contribution is 2.35. The van der Waals surface area contributed by atoms with Crippen LogP contribution in [0.25, 0.3) is 28.1 Å². The van der Waals surface area contributed by atoms with Gasteiger partial charge in [-0.05, 0) is 41.3 Å². The molecule has 0 atom stereocenters. The van der Waals surface area contributed by atoms with Crippen molar-refractivity contribution in [2.75, 3.05) is 0 Å². The summed E-state index contributed by atoms with van der Waals surface area (Å²) in [7, 11) is 0. The Morgan fingerprint density at radius 2 is 1.08 bits per heavy atom. The zero-order chi connectivity index (χ0) is 25.0. The van der Waals surface area contributed by atoms with Crippen molar-refractivity contribution < 1.29 is 0 Å². The second-order valence-electron chi connectivity index (χ2n) is 9.08. The van der Waals surface area contributed by atoms with Gasteiger partial charge in [0.25, 0.3) is 0 Å². The fourth-order valence-electron chi connectivity index (χ4n) is 4.70. The molecule has 0 aliphatic rings. The lowest BCUT2D eigenvalue weighted by Crippen LogP contribution is -1.97. The molecule has 0 saturated heterocycles. The summed E-state index contributed by atoms with van der Waals surface area (Å²) in [5, 5.41) is 0. The number of hydrogen-bond acceptors (Lipinski definition) is 1. The van der Waals surface area contributed by atoms with E-state index < -0.39 is 0 Å². The van der Waals surface area contributed by atoms with E-state index in [0.717, 1.165) is 50.4 Å². The Morgan fingerprint density at radius 3 is 1.62 bits per heavy atom. The highest BCUT2D eigenvalue weighted by Gasteiger charge is 2.20. The maximum Gasteiger partial charge on any atom is 0.138 e. The molecule has 2 heteroatoms. The van der Waals surface area contributed by atoms with Gasteiger partial charge < -0.3 is 0 Å². The largest absolute Gasteiger partial charge is 0.298 e. The molecule has 4 aromatic carbocycles. The van der Waals surface area contributed by atoms with Crippen LogP contribution in [-0.4, -0.2) is 9.38 Å². The molecule has 2 heterocycles. The van der Waals surface area contributed by atoms with Crippen LogP contribution in [0.2, 0.25) is 0 Å². The molecular formula is C35H26N2. The van der Waals surface area contributed by atoms with Crippen molar-refractivity contribution in [3.8, 4) is 11.3 Å². The minimum Gasteiger partial charge on any atom is -0.298 e. The molecule has 37 heavy (non-hydrogen) atoms. The summed E-state index contributed by atoms with van der Waals surface area (Å²) < 4.78 is 2.19. The first kappa shape index (κ1) is 22.5. The lowest BCUT2D eigenvalue weighted by atomic mass is 9.94. The zero-order valence-electron chi connectivity index (χ0n) is 20.7. The topological polar surface area (TPSA) is 17.3 Å². The second kappa shape index (κ2) is 9.99. The molecule has 0 N–H and O–H groups in total. The average molecular weight is 475 g/mol. The molecule has 2 nitrogen and oxygen atoms in total. The number of rotatable bonds is 5. The van der Waals surface area contributed by atoms with Gasteiger partial charge in [-0.1, -0.05) is 121 Å². The van der Waals surface area contributed by atoms with Gasteiger partial charge in [0, 0.05) is 17.3 Å². The maximum atomic E-state index is 5.14. The summed E-state index contributed by atoms with van der Waals surface area (Å²) >= 11 is 0. The van der Waals surface area contributed by atoms with Gasteiger partial charge in [0.05, 0.1) is 17.0 Å². The predicted octanol–water partition coefficient (Wildman–Crippen LogP) is 8.47. The van der Waals surface area contributed by atoms with Gasteiger partial charge in [-0.25, -0.2) is 4.98 Å². The molecular weight excluding hydrogens is 448 g/mol. The predicted molar refractivity (Wildman–Crippen MR) is 153 cm³/mol. The van der Waals surface area contributed by atoms with Crippen molar-refractivity contribution >= 4 is 16.8 Å². The van der Waals surface area contributed by atoms with Gasteiger partial charge in [0.15, 0.2) is 0 Å². The molecule has 176 valence electrons. The van der Waals surface area contributed by atoms with E-state index in [1.54, 1.807) is 0 Å². The van der Waals surface area contributed by atoms with Gasteiger partial charge in [0.2, 0.25) is 0 Å². The maximum absolute atomic E-state index is 5.14. The molecule has 0 spiro atoms. The summed E-state index contributed by atoms with van der Waals surface area (Å²) in [6.45, 7) is 2.10. The van der Waals surface area contributed by atoms with Crippen LogP contribution in [0, 0.1) is 6.92 Å². The van der Waals surface area contributed by atoms with Crippen LogP contribution >= 0.6 is 0 Å². The van der Waals surface area contributed by atoms with Crippen LogP contribution in [0.4, 0.5) is 0 Å². The lowest BCUT2D eigenvalue weighted by molar-refractivity contribution is 1.14. The number of imidazole rings is 1.